The lowest BCUT2D eigenvalue weighted by atomic mass is 9.95. The van der Waals surface area contributed by atoms with E-state index in [4.69, 9.17) is 9.47 Å². The highest BCUT2D eigenvalue weighted by Gasteiger charge is 2.40. The average molecular weight is 247 g/mol. The average Bonchev–Trinajstić information content (AvgIpc) is 3.00. The van der Waals surface area contributed by atoms with Gasteiger partial charge in [0.1, 0.15) is 5.75 Å². The fraction of sp³-hybridized carbons (Fsp3) is 0.600. The summed E-state index contributed by atoms with van der Waals surface area (Å²) in [6.07, 6.45) is 4.64. The Bertz CT molecular complexity index is 390. The molecule has 2 saturated heterocycles. The van der Waals surface area contributed by atoms with Gasteiger partial charge in [-0.2, -0.15) is 0 Å². The zero-order chi connectivity index (χ0) is 12.4. The molecule has 2 aliphatic heterocycles. The lowest BCUT2D eigenvalue weighted by Crippen LogP contribution is -2.36. The van der Waals surface area contributed by atoms with E-state index in [9.17, 15) is 0 Å². The van der Waals surface area contributed by atoms with Gasteiger partial charge in [0, 0.05) is 12.6 Å². The molecular weight excluding hydrogens is 226 g/mol. The summed E-state index contributed by atoms with van der Waals surface area (Å²) in [6, 6.07) is 8.89. The summed E-state index contributed by atoms with van der Waals surface area (Å²) in [5, 5.41) is 3.61. The van der Waals surface area contributed by atoms with Crippen LogP contribution in [0, 0.1) is 0 Å². The van der Waals surface area contributed by atoms with Crippen molar-refractivity contribution >= 4 is 0 Å². The van der Waals surface area contributed by atoms with E-state index in [0.29, 0.717) is 18.2 Å². The number of rotatable bonds is 5. The van der Waals surface area contributed by atoms with E-state index < -0.39 is 0 Å². The van der Waals surface area contributed by atoms with Crippen LogP contribution in [0.25, 0.3) is 0 Å². The van der Waals surface area contributed by atoms with Crippen LogP contribution in [0.4, 0.5) is 0 Å². The predicted molar refractivity (Wildman–Crippen MR) is 70.8 cm³/mol. The van der Waals surface area contributed by atoms with Gasteiger partial charge in [-0.15, -0.1) is 0 Å². The van der Waals surface area contributed by atoms with Crippen molar-refractivity contribution in [3.8, 4) is 5.75 Å². The van der Waals surface area contributed by atoms with E-state index in [1.165, 1.54) is 24.8 Å². The molecule has 0 radical (unpaired) electrons. The second kappa shape index (κ2) is 5.29. The Kier molecular flexibility index (Phi) is 3.52. The van der Waals surface area contributed by atoms with Crippen molar-refractivity contribution in [2.24, 2.45) is 0 Å². The van der Waals surface area contributed by atoms with E-state index in [-0.39, 0.29) is 0 Å². The van der Waals surface area contributed by atoms with Crippen molar-refractivity contribution in [1.82, 2.24) is 5.32 Å². The molecule has 3 nitrogen and oxygen atoms in total. The van der Waals surface area contributed by atoms with Crippen molar-refractivity contribution in [1.29, 1.82) is 0 Å². The summed E-state index contributed by atoms with van der Waals surface area (Å²) in [7, 11) is 0. The lowest BCUT2D eigenvalue weighted by Gasteiger charge is -2.20. The van der Waals surface area contributed by atoms with Crippen LogP contribution in [0.15, 0.2) is 24.3 Å². The van der Waals surface area contributed by atoms with Crippen LogP contribution in [0.3, 0.4) is 0 Å². The predicted octanol–water partition coefficient (Wildman–Crippen LogP) is 2.49. The molecule has 3 atom stereocenters. The Morgan fingerprint density at radius 2 is 2.11 bits per heavy atom. The highest BCUT2D eigenvalue weighted by Crippen LogP contribution is 2.34. The molecule has 3 unspecified atom stereocenters. The monoisotopic (exact) mass is 247 g/mol. The summed E-state index contributed by atoms with van der Waals surface area (Å²) >= 11 is 0. The molecule has 0 amide bonds. The second-order valence-electron chi connectivity index (χ2n) is 5.17. The van der Waals surface area contributed by atoms with Gasteiger partial charge in [0.2, 0.25) is 0 Å². The van der Waals surface area contributed by atoms with E-state index in [0.717, 1.165) is 18.9 Å². The molecule has 2 fully saturated rings. The molecule has 0 aliphatic carbocycles. The third-order valence-electron chi connectivity index (χ3n) is 3.91. The van der Waals surface area contributed by atoms with E-state index in [2.05, 4.69) is 17.4 Å². The summed E-state index contributed by atoms with van der Waals surface area (Å²) in [5.41, 5.74) is 1.31. The number of hydrogen-bond donors (Lipinski definition) is 1. The van der Waals surface area contributed by atoms with Crippen molar-refractivity contribution < 1.29 is 9.47 Å². The molecule has 0 saturated carbocycles. The molecule has 2 bridgehead atoms. The van der Waals surface area contributed by atoms with Crippen LogP contribution in [-0.4, -0.2) is 24.9 Å². The van der Waals surface area contributed by atoms with Crippen LogP contribution in [0.2, 0.25) is 0 Å². The zero-order valence-electron chi connectivity index (χ0n) is 10.9. The van der Waals surface area contributed by atoms with Gasteiger partial charge in [-0.05, 0) is 43.9 Å². The number of fused-ring (bicyclic) bond motifs is 2. The standard InChI is InChI=1S/C15H21NO2/c1-2-17-12-5-3-11(4-6-12)10-16-14-9-13-7-8-15(14)18-13/h3-6,13-16H,2,7-10H2,1H3. The Morgan fingerprint density at radius 1 is 1.28 bits per heavy atom. The number of hydrogen-bond acceptors (Lipinski definition) is 3. The summed E-state index contributed by atoms with van der Waals surface area (Å²) in [5.74, 6) is 0.949. The van der Waals surface area contributed by atoms with Crippen LogP contribution in [-0.2, 0) is 11.3 Å². The van der Waals surface area contributed by atoms with Crippen molar-refractivity contribution in [2.75, 3.05) is 6.61 Å². The van der Waals surface area contributed by atoms with E-state index in [1.807, 2.05) is 19.1 Å². The molecule has 2 heterocycles. The zero-order valence-corrected chi connectivity index (χ0v) is 10.9. The molecular formula is C15H21NO2. The minimum absolute atomic E-state index is 0.456. The summed E-state index contributed by atoms with van der Waals surface area (Å²) in [4.78, 5) is 0. The maximum absolute atomic E-state index is 5.84. The SMILES string of the molecule is CCOc1ccc(CNC2CC3CCC2O3)cc1. The highest BCUT2D eigenvalue weighted by atomic mass is 16.5. The van der Waals surface area contributed by atoms with Gasteiger partial charge in [0.15, 0.2) is 0 Å². The number of nitrogens with one attached hydrogen (secondary N) is 1. The van der Waals surface area contributed by atoms with Gasteiger partial charge in [-0.3, -0.25) is 0 Å². The fourth-order valence-electron chi connectivity index (χ4n) is 2.97. The Labute approximate surface area is 108 Å². The smallest absolute Gasteiger partial charge is 0.119 e. The number of ether oxygens (including phenoxy) is 2. The maximum atomic E-state index is 5.84. The quantitative estimate of drug-likeness (QED) is 0.867. The molecule has 18 heavy (non-hydrogen) atoms. The molecule has 1 N–H and O–H groups in total. The van der Waals surface area contributed by atoms with E-state index >= 15 is 0 Å². The van der Waals surface area contributed by atoms with Crippen molar-refractivity contribution in [3.05, 3.63) is 29.8 Å². The second-order valence-corrected chi connectivity index (χ2v) is 5.17. The highest BCUT2D eigenvalue weighted by molar-refractivity contribution is 5.27. The van der Waals surface area contributed by atoms with Crippen LogP contribution >= 0.6 is 0 Å². The molecule has 0 spiro atoms. The van der Waals surface area contributed by atoms with Crippen LogP contribution in [0.5, 0.6) is 5.75 Å². The third kappa shape index (κ3) is 2.52. The molecule has 98 valence electrons. The molecule has 1 aromatic carbocycles. The first kappa shape index (κ1) is 12.0. The lowest BCUT2D eigenvalue weighted by molar-refractivity contribution is 0.0973. The van der Waals surface area contributed by atoms with E-state index in [1.54, 1.807) is 0 Å². The number of benzene rings is 1. The van der Waals surface area contributed by atoms with Gasteiger partial charge in [-0.1, -0.05) is 12.1 Å². The fourth-order valence-corrected chi connectivity index (χ4v) is 2.97. The third-order valence-corrected chi connectivity index (χ3v) is 3.91. The maximum Gasteiger partial charge on any atom is 0.119 e. The Morgan fingerprint density at radius 3 is 2.72 bits per heavy atom. The molecule has 1 aromatic rings. The summed E-state index contributed by atoms with van der Waals surface area (Å²) < 4.78 is 11.3. The van der Waals surface area contributed by atoms with Crippen molar-refractivity contribution in [2.45, 2.75) is 51.0 Å². The molecule has 3 rings (SSSR count). The first-order valence-corrected chi connectivity index (χ1v) is 6.95. The topological polar surface area (TPSA) is 30.5 Å². The first-order valence-electron chi connectivity index (χ1n) is 6.95. The van der Waals surface area contributed by atoms with Gasteiger partial charge < -0.3 is 14.8 Å². The first-order chi connectivity index (χ1) is 8.85. The Balaban J connectivity index is 1.50. The van der Waals surface area contributed by atoms with Gasteiger partial charge in [0.05, 0.1) is 18.8 Å². The van der Waals surface area contributed by atoms with Gasteiger partial charge >= 0.3 is 0 Å². The minimum atomic E-state index is 0.456. The van der Waals surface area contributed by atoms with Crippen molar-refractivity contribution in [3.63, 3.8) is 0 Å². The normalized spacial score (nSPS) is 29.7. The largest absolute Gasteiger partial charge is 0.494 e. The molecule has 0 aromatic heterocycles. The van der Waals surface area contributed by atoms with Gasteiger partial charge in [-0.25, -0.2) is 0 Å². The van der Waals surface area contributed by atoms with Crippen LogP contribution in [0.1, 0.15) is 31.7 Å². The van der Waals surface area contributed by atoms with Gasteiger partial charge in [0.25, 0.3) is 0 Å². The molecule has 2 aliphatic rings. The Hall–Kier alpha value is -1.06. The molecule has 3 heteroatoms. The summed E-state index contributed by atoms with van der Waals surface area (Å²) in [6.45, 7) is 3.65. The van der Waals surface area contributed by atoms with Crippen LogP contribution < -0.4 is 10.1 Å². The minimum Gasteiger partial charge on any atom is -0.494 e.